The Labute approximate surface area is 99.8 Å². The van der Waals surface area contributed by atoms with E-state index < -0.39 is 6.29 Å². The fraction of sp³-hybridized carbons (Fsp3) is 1.00. The lowest BCUT2D eigenvalue weighted by molar-refractivity contribution is -0.125. The van der Waals surface area contributed by atoms with Crippen molar-refractivity contribution in [2.75, 3.05) is 13.2 Å². The van der Waals surface area contributed by atoms with Crippen molar-refractivity contribution >= 4 is 0 Å². The van der Waals surface area contributed by atoms with Crippen molar-refractivity contribution in [2.24, 2.45) is 0 Å². The summed E-state index contributed by atoms with van der Waals surface area (Å²) in [6, 6.07) is 0. The summed E-state index contributed by atoms with van der Waals surface area (Å²) < 4.78 is 4.96. The molecule has 0 rings (SSSR count). The van der Waals surface area contributed by atoms with E-state index in [1.807, 2.05) is 0 Å². The zero-order valence-electron chi connectivity index (χ0n) is 10.7. The van der Waals surface area contributed by atoms with Crippen LogP contribution in [0, 0.1) is 0 Å². The van der Waals surface area contributed by atoms with Gasteiger partial charge in [-0.25, -0.2) is 0 Å². The maximum Gasteiger partial charge on any atom is 0.177 e. The van der Waals surface area contributed by atoms with Crippen LogP contribution in [0.4, 0.5) is 0 Å². The van der Waals surface area contributed by atoms with Crippen LogP contribution < -0.4 is 0 Å². The normalized spacial score (nSPS) is 12.9. The third kappa shape index (κ3) is 12.0. The predicted molar refractivity (Wildman–Crippen MR) is 66.3 cm³/mol. The highest BCUT2D eigenvalue weighted by molar-refractivity contribution is 4.47. The summed E-state index contributed by atoms with van der Waals surface area (Å²) >= 11 is 0. The Hall–Kier alpha value is -0.120. The first-order chi connectivity index (χ1) is 7.81. The average Bonchev–Trinajstić information content (AvgIpc) is 2.31. The van der Waals surface area contributed by atoms with Gasteiger partial charge in [-0.15, -0.1) is 0 Å². The van der Waals surface area contributed by atoms with Gasteiger partial charge in [0.1, 0.15) is 0 Å². The first-order valence-electron chi connectivity index (χ1n) is 6.71. The van der Waals surface area contributed by atoms with E-state index >= 15 is 0 Å². The highest BCUT2D eigenvalue weighted by Crippen LogP contribution is 2.09. The van der Waals surface area contributed by atoms with Crippen molar-refractivity contribution in [3.63, 3.8) is 0 Å². The molecule has 0 amide bonds. The molecule has 0 aliphatic heterocycles. The van der Waals surface area contributed by atoms with E-state index in [9.17, 15) is 0 Å². The predicted octanol–water partition coefficient (Wildman–Crippen LogP) is 2.84. The summed E-state index contributed by atoms with van der Waals surface area (Å²) in [6.07, 6.45) is 10.5. The molecule has 98 valence electrons. The van der Waals surface area contributed by atoms with E-state index in [1.165, 1.54) is 44.9 Å². The summed E-state index contributed by atoms with van der Waals surface area (Å²) in [7, 11) is 0. The third-order valence-corrected chi connectivity index (χ3v) is 2.71. The highest BCUT2D eigenvalue weighted by atomic mass is 16.6. The second-order valence-electron chi connectivity index (χ2n) is 4.34. The van der Waals surface area contributed by atoms with E-state index in [2.05, 4.69) is 6.92 Å². The molecule has 1 atom stereocenters. The lowest BCUT2D eigenvalue weighted by Gasteiger charge is -2.08. The molecule has 0 aromatic heterocycles. The molecule has 0 saturated carbocycles. The van der Waals surface area contributed by atoms with Gasteiger partial charge in [0.15, 0.2) is 6.29 Å². The molecule has 16 heavy (non-hydrogen) atoms. The summed E-state index contributed by atoms with van der Waals surface area (Å²) in [6.45, 7) is 2.48. The number of unbranched alkanes of at least 4 members (excludes halogenated alkanes) is 8. The van der Waals surface area contributed by atoms with Crippen molar-refractivity contribution in [2.45, 2.75) is 71.0 Å². The molecule has 3 heteroatoms. The minimum atomic E-state index is -0.992. The molecule has 0 aliphatic rings. The van der Waals surface area contributed by atoms with Crippen molar-refractivity contribution in [3.05, 3.63) is 0 Å². The van der Waals surface area contributed by atoms with Crippen LogP contribution in [0.15, 0.2) is 0 Å². The number of hydrogen-bond donors (Lipinski definition) is 2. The fourth-order valence-corrected chi connectivity index (χ4v) is 1.68. The van der Waals surface area contributed by atoms with E-state index in [0.29, 0.717) is 6.61 Å². The molecule has 3 nitrogen and oxygen atoms in total. The molecule has 0 saturated heterocycles. The molecule has 0 heterocycles. The standard InChI is InChI=1S/C13H28O3/c1-2-3-4-5-6-7-8-9-10-11-16-13(15)12-14/h13-15H,2-12H2,1H3. The average molecular weight is 232 g/mol. The monoisotopic (exact) mass is 232 g/mol. The topological polar surface area (TPSA) is 49.7 Å². The molecule has 0 spiro atoms. The maximum absolute atomic E-state index is 8.91. The lowest BCUT2D eigenvalue weighted by atomic mass is 10.1. The van der Waals surface area contributed by atoms with Crippen LogP contribution >= 0.6 is 0 Å². The SMILES string of the molecule is CCCCCCCCCCCOC(O)CO. The lowest BCUT2D eigenvalue weighted by Crippen LogP contribution is -2.16. The van der Waals surface area contributed by atoms with Gasteiger partial charge in [-0.2, -0.15) is 0 Å². The molecule has 1 unspecified atom stereocenters. The summed E-state index contributed by atoms with van der Waals surface area (Å²) in [5.74, 6) is 0. The van der Waals surface area contributed by atoms with Gasteiger partial charge < -0.3 is 14.9 Å². The maximum atomic E-state index is 8.91. The first kappa shape index (κ1) is 15.9. The van der Waals surface area contributed by atoms with E-state index in [4.69, 9.17) is 14.9 Å². The van der Waals surface area contributed by atoms with Gasteiger partial charge >= 0.3 is 0 Å². The molecular formula is C13H28O3. The molecular weight excluding hydrogens is 204 g/mol. The van der Waals surface area contributed by atoms with Crippen LogP contribution in [0.1, 0.15) is 64.7 Å². The molecule has 0 aliphatic carbocycles. The van der Waals surface area contributed by atoms with Gasteiger partial charge in [-0.1, -0.05) is 58.3 Å². The van der Waals surface area contributed by atoms with E-state index in [-0.39, 0.29) is 6.61 Å². The Balaban J connectivity index is 2.93. The van der Waals surface area contributed by atoms with Gasteiger partial charge in [0.25, 0.3) is 0 Å². The van der Waals surface area contributed by atoms with E-state index in [1.54, 1.807) is 0 Å². The highest BCUT2D eigenvalue weighted by Gasteiger charge is 1.99. The number of aliphatic hydroxyl groups excluding tert-OH is 2. The molecule has 0 aromatic rings. The second-order valence-corrected chi connectivity index (χ2v) is 4.34. The number of aliphatic hydroxyl groups is 2. The number of hydrogen-bond acceptors (Lipinski definition) is 3. The quantitative estimate of drug-likeness (QED) is 0.402. The number of rotatable bonds is 12. The van der Waals surface area contributed by atoms with Crippen LogP contribution in [0.25, 0.3) is 0 Å². The zero-order chi connectivity index (χ0) is 12.1. The van der Waals surface area contributed by atoms with Crippen molar-refractivity contribution in [1.82, 2.24) is 0 Å². The Morgan fingerprint density at radius 2 is 1.38 bits per heavy atom. The van der Waals surface area contributed by atoms with Gasteiger partial charge in [-0.05, 0) is 6.42 Å². The number of ether oxygens (including phenoxy) is 1. The first-order valence-corrected chi connectivity index (χ1v) is 6.71. The largest absolute Gasteiger partial charge is 0.391 e. The van der Waals surface area contributed by atoms with Crippen LogP contribution in [-0.2, 0) is 4.74 Å². The van der Waals surface area contributed by atoms with Crippen LogP contribution in [-0.4, -0.2) is 29.7 Å². The third-order valence-electron chi connectivity index (χ3n) is 2.71. The van der Waals surface area contributed by atoms with Crippen molar-refractivity contribution in [1.29, 1.82) is 0 Å². The zero-order valence-corrected chi connectivity index (χ0v) is 10.7. The smallest absolute Gasteiger partial charge is 0.177 e. The Morgan fingerprint density at radius 1 is 0.875 bits per heavy atom. The molecule has 0 fully saturated rings. The Bertz CT molecular complexity index is 128. The summed E-state index contributed by atoms with van der Waals surface area (Å²) in [4.78, 5) is 0. The molecule has 2 N–H and O–H groups in total. The second kappa shape index (κ2) is 12.9. The molecule has 0 bridgehead atoms. The Morgan fingerprint density at radius 3 is 1.88 bits per heavy atom. The summed E-state index contributed by atoms with van der Waals surface area (Å²) in [5.41, 5.74) is 0. The van der Waals surface area contributed by atoms with Crippen LogP contribution in [0.5, 0.6) is 0 Å². The van der Waals surface area contributed by atoms with Gasteiger partial charge in [-0.3, -0.25) is 0 Å². The minimum absolute atomic E-state index is 0.308. The minimum Gasteiger partial charge on any atom is -0.391 e. The van der Waals surface area contributed by atoms with Crippen molar-refractivity contribution in [3.8, 4) is 0 Å². The van der Waals surface area contributed by atoms with Crippen molar-refractivity contribution < 1.29 is 14.9 Å². The molecule has 0 aromatic carbocycles. The van der Waals surface area contributed by atoms with Gasteiger partial charge in [0.2, 0.25) is 0 Å². The fourth-order valence-electron chi connectivity index (χ4n) is 1.68. The van der Waals surface area contributed by atoms with Crippen LogP contribution in [0.2, 0.25) is 0 Å². The summed E-state index contributed by atoms with van der Waals surface area (Å²) in [5, 5.41) is 17.4. The van der Waals surface area contributed by atoms with Gasteiger partial charge in [0.05, 0.1) is 6.61 Å². The van der Waals surface area contributed by atoms with E-state index in [0.717, 1.165) is 12.8 Å². The van der Waals surface area contributed by atoms with Gasteiger partial charge in [0, 0.05) is 6.61 Å². The van der Waals surface area contributed by atoms with Crippen LogP contribution in [0.3, 0.4) is 0 Å². The Kier molecular flexibility index (Phi) is 12.9. The molecule has 0 radical (unpaired) electrons.